The lowest BCUT2D eigenvalue weighted by atomic mass is 10.1. The summed E-state index contributed by atoms with van der Waals surface area (Å²) < 4.78 is 7.53. The fourth-order valence-electron chi connectivity index (χ4n) is 3.93. The van der Waals surface area contributed by atoms with E-state index in [9.17, 15) is 4.79 Å². The molecule has 1 aromatic heterocycles. The van der Waals surface area contributed by atoms with E-state index >= 15 is 0 Å². The molecule has 0 aliphatic carbocycles. The van der Waals surface area contributed by atoms with Crippen molar-refractivity contribution in [2.45, 2.75) is 13.8 Å². The highest BCUT2D eigenvalue weighted by molar-refractivity contribution is 8.26. The van der Waals surface area contributed by atoms with Gasteiger partial charge in [-0.1, -0.05) is 18.2 Å². The van der Waals surface area contributed by atoms with Crippen LogP contribution in [0.5, 0.6) is 0 Å². The smallest absolute Gasteiger partial charge is 0.283 e. The van der Waals surface area contributed by atoms with Gasteiger partial charge in [0.2, 0.25) is 5.17 Å². The first-order valence-corrected chi connectivity index (χ1v) is 10.9. The van der Waals surface area contributed by atoms with Gasteiger partial charge in [0.05, 0.1) is 18.8 Å². The zero-order chi connectivity index (χ0) is 21.5. The number of amidine groups is 3. The predicted octanol–water partition coefficient (Wildman–Crippen LogP) is 3.00. The molecular formula is C22H22N6O2S. The van der Waals surface area contributed by atoms with Crippen LogP contribution in [0, 0.1) is 19.3 Å². The summed E-state index contributed by atoms with van der Waals surface area (Å²) in [5, 5.41) is 15.8. The number of carbonyl (C=O) groups is 1. The van der Waals surface area contributed by atoms with Gasteiger partial charge in [-0.25, -0.2) is 0 Å². The molecule has 0 radical (unpaired) electrons. The molecular weight excluding hydrogens is 412 g/mol. The highest BCUT2D eigenvalue weighted by atomic mass is 32.2. The number of ether oxygens (including phenoxy) is 1. The zero-order valence-electron chi connectivity index (χ0n) is 17.3. The molecule has 2 aromatic rings. The second-order valence-electron chi connectivity index (χ2n) is 7.50. The largest absolute Gasteiger partial charge is 0.378 e. The topological polar surface area (TPSA) is 86.3 Å². The molecule has 9 heteroatoms. The van der Waals surface area contributed by atoms with Gasteiger partial charge in [0, 0.05) is 30.2 Å². The van der Waals surface area contributed by atoms with Gasteiger partial charge in [0.15, 0.2) is 11.0 Å². The van der Waals surface area contributed by atoms with Gasteiger partial charge in [-0.15, -0.1) is 5.10 Å². The summed E-state index contributed by atoms with van der Waals surface area (Å²) in [6.45, 7) is 6.81. The van der Waals surface area contributed by atoms with Crippen molar-refractivity contribution < 1.29 is 9.53 Å². The molecule has 31 heavy (non-hydrogen) atoms. The maximum Gasteiger partial charge on any atom is 0.283 e. The second-order valence-corrected chi connectivity index (χ2v) is 8.43. The molecule has 0 spiro atoms. The number of nitrogens with zero attached hydrogens (tertiary/aromatic N) is 5. The average Bonchev–Trinajstić information content (AvgIpc) is 3.33. The number of nitrogens with one attached hydrogen (secondary N) is 1. The van der Waals surface area contributed by atoms with E-state index in [1.165, 1.54) is 16.8 Å². The van der Waals surface area contributed by atoms with E-state index in [1.54, 1.807) is 6.08 Å². The Morgan fingerprint density at radius 2 is 1.87 bits per heavy atom. The van der Waals surface area contributed by atoms with Gasteiger partial charge in [0.25, 0.3) is 5.91 Å². The lowest BCUT2D eigenvalue weighted by Crippen LogP contribution is -2.39. The fraction of sp³-hybridized carbons (Fsp3) is 0.273. The van der Waals surface area contributed by atoms with Crippen LogP contribution in [0.3, 0.4) is 0 Å². The minimum Gasteiger partial charge on any atom is -0.378 e. The molecule has 0 saturated carbocycles. The Kier molecular flexibility index (Phi) is 4.99. The number of thioether (sulfide) groups is 1. The molecule has 1 fully saturated rings. The summed E-state index contributed by atoms with van der Waals surface area (Å²) in [6, 6.07) is 12.1. The quantitative estimate of drug-likeness (QED) is 0.735. The monoisotopic (exact) mass is 434 g/mol. The van der Waals surface area contributed by atoms with Crippen molar-refractivity contribution in [2.24, 2.45) is 10.1 Å². The first-order valence-electron chi connectivity index (χ1n) is 10.1. The molecule has 3 aliphatic heterocycles. The van der Waals surface area contributed by atoms with E-state index in [2.05, 4.69) is 19.6 Å². The first-order chi connectivity index (χ1) is 15.0. The maximum absolute atomic E-state index is 12.8. The van der Waals surface area contributed by atoms with Crippen molar-refractivity contribution in [1.29, 1.82) is 5.41 Å². The summed E-state index contributed by atoms with van der Waals surface area (Å²) in [5.41, 5.74) is 4.24. The molecule has 1 N–H and O–H groups in total. The van der Waals surface area contributed by atoms with Crippen LogP contribution < -0.4 is 0 Å². The lowest BCUT2D eigenvalue weighted by molar-refractivity contribution is -0.114. The van der Waals surface area contributed by atoms with Gasteiger partial charge in [0.1, 0.15) is 0 Å². The molecule has 1 saturated heterocycles. The van der Waals surface area contributed by atoms with Crippen molar-refractivity contribution in [1.82, 2.24) is 14.5 Å². The van der Waals surface area contributed by atoms with Crippen molar-refractivity contribution in [3.63, 3.8) is 0 Å². The molecule has 5 rings (SSSR count). The van der Waals surface area contributed by atoms with Gasteiger partial charge in [-0.2, -0.15) is 10.0 Å². The Labute approximate surface area is 184 Å². The molecule has 8 nitrogen and oxygen atoms in total. The molecule has 3 aliphatic rings. The number of para-hydroxylation sites is 1. The maximum atomic E-state index is 12.8. The number of rotatable bonds is 2. The molecule has 1 aromatic carbocycles. The Bertz CT molecular complexity index is 1160. The molecule has 158 valence electrons. The van der Waals surface area contributed by atoms with Crippen molar-refractivity contribution >= 4 is 39.9 Å². The number of hydrogen-bond acceptors (Lipinski definition) is 6. The number of aromatic nitrogens is 1. The standard InChI is InChI=1S/C22H22N6O2S/c1-14-12-16(15(2)27(14)17-6-4-3-5-7-17)13-18-19(23)28-21(24-20(18)29)31-22(25-28)26-8-10-30-11-9-26/h3-7,12-13,23H,8-11H2,1-2H3/b18-13-,23-19?. The minimum atomic E-state index is -0.410. The SMILES string of the molecule is Cc1cc(/C=C2/C(=N)N3N=C(N4CCOCC4)SC3=NC2=O)c(C)n1-c1ccccc1. The van der Waals surface area contributed by atoms with Crippen LogP contribution in [0.1, 0.15) is 17.0 Å². The van der Waals surface area contributed by atoms with Crippen molar-refractivity contribution in [3.8, 4) is 5.69 Å². The van der Waals surface area contributed by atoms with E-state index in [0.29, 0.717) is 18.4 Å². The number of amides is 1. The van der Waals surface area contributed by atoms with Gasteiger partial charge in [-0.3, -0.25) is 10.2 Å². The number of carbonyl (C=O) groups excluding carboxylic acids is 1. The van der Waals surface area contributed by atoms with E-state index in [4.69, 9.17) is 10.1 Å². The lowest BCUT2D eigenvalue weighted by Gasteiger charge is -2.26. The van der Waals surface area contributed by atoms with Crippen LogP contribution in [0.15, 0.2) is 52.1 Å². The van der Waals surface area contributed by atoms with Crippen LogP contribution in [-0.4, -0.2) is 62.9 Å². The molecule has 0 bridgehead atoms. The highest BCUT2D eigenvalue weighted by Crippen LogP contribution is 2.31. The van der Waals surface area contributed by atoms with E-state index in [0.717, 1.165) is 40.9 Å². The number of aryl methyl sites for hydroxylation is 1. The summed E-state index contributed by atoms with van der Waals surface area (Å²) >= 11 is 1.33. The van der Waals surface area contributed by atoms with E-state index in [1.807, 2.05) is 50.2 Å². The first kappa shape index (κ1) is 19.8. The molecule has 0 unspecified atom stereocenters. The Balaban J connectivity index is 1.48. The summed E-state index contributed by atoms with van der Waals surface area (Å²) in [4.78, 5) is 19.1. The third-order valence-electron chi connectivity index (χ3n) is 5.51. The Hall–Kier alpha value is -3.17. The van der Waals surface area contributed by atoms with Gasteiger partial charge in [-0.05, 0) is 55.4 Å². The number of hydrazone groups is 1. The van der Waals surface area contributed by atoms with Crippen LogP contribution in [-0.2, 0) is 9.53 Å². The normalized spacial score (nSPS) is 20.3. The molecule has 4 heterocycles. The molecule has 1 amide bonds. The summed E-state index contributed by atoms with van der Waals surface area (Å²) in [5.74, 6) is -0.359. The zero-order valence-corrected chi connectivity index (χ0v) is 18.1. The predicted molar refractivity (Wildman–Crippen MR) is 123 cm³/mol. The van der Waals surface area contributed by atoms with Gasteiger partial charge >= 0.3 is 0 Å². The van der Waals surface area contributed by atoms with Crippen LogP contribution >= 0.6 is 11.8 Å². The number of hydrogen-bond donors (Lipinski definition) is 1. The Morgan fingerprint density at radius 1 is 1.13 bits per heavy atom. The van der Waals surface area contributed by atoms with E-state index in [-0.39, 0.29) is 11.4 Å². The summed E-state index contributed by atoms with van der Waals surface area (Å²) in [7, 11) is 0. The Morgan fingerprint density at radius 3 is 2.61 bits per heavy atom. The number of morpholine rings is 1. The van der Waals surface area contributed by atoms with Crippen LogP contribution in [0.4, 0.5) is 0 Å². The van der Waals surface area contributed by atoms with Gasteiger partial charge < -0.3 is 14.2 Å². The highest BCUT2D eigenvalue weighted by Gasteiger charge is 2.37. The molecule has 0 atom stereocenters. The summed E-state index contributed by atoms with van der Waals surface area (Å²) in [6.07, 6.45) is 1.75. The second kappa shape index (κ2) is 7.82. The van der Waals surface area contributed by atoms with Crippen molar-refractivity contribution in [2.75, 3.05) is 26.3 Å². The van der Waals surface area contributed by atoms with Crippen LogP contribution in [0.2, 0.25) is 0 Å². The van der Waals surface area contributed by atoms with Crippen LogP contribution in [0.25, 0.3) is 11.8 Å². The number of benzene rings is 1. The van der Waals surface area contributed by atoms with Crippen molar-refractivity contribution in [3.05, 3.63) is 58.9 Å². The third kappa shape index (κ3) is 3.49. The third-order valence-corrected chi connectivity index (χ3v) is 6.48. The fourth-order valence-corrected chi connectivity index (χ4v) is 4.87. The van der Waals surface area contributed by atoms with E-state index < -0.39 is 5.91 Å². The number of aliphatic imine (C=N–C) groups is 1. The average molecular weight is 435 g/mol. The number of fused-ring (bicyclic) bond motifs is 1. The minimum absolute atomic E-state index is 0.0512.